The van der Waals surface area contributed by atoms with E-state index in [4.69, 9.17) is 11.6 Å². The second-order valence-electron chi connectivity index (χ2n) is 2.98. The molecule has 0 saturated heterocycles. The van der Waals surface area contributed by atoms with Crippen molar-refractivity contribution in [3.8, 4) is 0 Å². The summed E-state index contributed by atoms with van der Waals surface area (Å²) in [7, 11) is 0. The Morgan fingerprint density at radius 1 is 1.54 bits per heavy atom. The molecule has 2 aromatic rings. The predicted octanol–water partition coefficient (Wildman–Crippen LogP) is 2.25. The average molecular weight is 196 g/mol. The summed E-state index contributed by atoms with van der Waals surface area (Å²) in [5.41, 5.74) is 3.12. The van der Waals surface area contributed by atoms with E-state index in [-0.39, 0.29) is 0 Å². The molecule has 0 fully saturated rings. The summed E-state index contributed by atoms with van der Waals surface area (Å²) in [6.45, 7) is 4.12. The van der Waals surface area contributed by atoms with Crippen LogP contribution in [0, 0.1) is 6.92 Å². The van der Waals surface area contributed by atoms with E-state index in [1.165, 1.54) is 11.9 Å². The lowest BCUT2D eigenvalue weighted by molar-refractivity contribution is 0.929. The van der Waals surface area contributed by atoms with Crippen molar-refractivity contribution in [2.24, 2.45) is 0 Å². The Balaban J connectivity index is 2.85. The minimum Gasteiger partial charge on any atom is -0.215 e. The number of halogens is 1. The summed E-state index contributed by atoms with van der Waals surface area (Å²) in [6.07, 6.45) is 2.43. The fraction of sp³-hybridized carbons (Fsp3) is 0.333. The molecule has 0 amide bonds. The number of rotatable bonds is 1. The first-order chi connectivity index (χ1) is 6.24. The first-order valence-electron chi connectivity index (χ1n) is 4.21. The molecule has 3 nitrogen and oxygen atoms in total. The molecule has 0 spiro atoms. The van der Waals surface area contributed by atoms with Crippen LogP contribution in [-0.4, -0.2) is 14.6 Å². The SMILES string of the molecule is CCc1c(C)cc2ncnn2c1Cl. The summed E-state index contributed by atoms with van der Waals surface area (Å²) in [6, 6.07) is 2.00. The highest BCUT2D eigenvalue weighted by Crippen LogP contribution is 2.21. The third-order valence-electron chi connectivity index (χ3n) is 2.18. The third kappa shape index (κ3) is 1.20. The maximum Gasteiger partial charge on any atom is 0.157 e. The number of hydrogen-bond acceptors (Lipinski definition) is 2. The zero-order valence-corrected chi connectivity index (χ0v) is 8.34. The van der Waals surface area contributed by atoms with Gasteiger partial charge in [-0.2, -0.15) is 5.10 Å². The Kier molecular flexibility index (Phi) is 1.96. The number of aromatic nitrogens is 3. The molecule has 2 heterocycles. The van der Waals surface area contributed by atoms with Gasteiger partial charge in [-0.05, 0) is 30.5 Å². The van der Waals surface area contributed by atoms with E-state index in [1.54, 1.807) is 4.52 Å². The number of aryl methyl sites for hydroxylation is 1. The fourth-order valence-corrected chi connectivity index (χ4v) is 1.91. The molecular weight excluding hydrogens is 186 g/mol. The molecule has 0 unspecified atom stereocenters. The minimum atomic E-state index is 0.676. The molecule has 0 bridgehead atoms. The smallest absolute Gasteiger partial charge is 0.157 e. The van der Waals surface area contributed by atoms with Gasteiger partial charge in [0.05, 0.1) is 0 Å². The van der Waals surface area contributed by atoms with Crippen molar-refractivity contribution in [2.45, 2.75) is 20.3 Å². The Morgan fingerprint density at radius 2 is 2.31 bits per heavy atom. The monoisotopic (exact) mass is 195 g/mol. The van der Waals surface area contributed by atoms with Gasteiger partial charge in [-0.25, -0.2) is 9.50 Å². The van der Waals surface area contributed by atoms with Gasteiger partial charge in [-0.3, -0.25) is 0 Å². The normalized spacial score (nSPS) is 11.0. The zero-order valence-electron chi connectivity index (χ0n) is 7.58. The summed E-state index contributed by atoms with van der Waals surface area (Å²) >= 11 is 6.15. The van der Waals surface area contributed by atoms with E-state index in [0.29, 0.717) is 5.15 Å². The van der Waals surface area contributed by atoms with Crippen LogP contribution in [0.15, 0.2) is 12.4 Å². The standard InChI is InChI=1S/C9H10ClN3/c1-3-7-6(2)4-8-11-5-12-13(8)9(7)10/h4-5H,3H2,1-2H3. The van der Waals surface area contributed by atoms with Gasteiger partial charge < -0.3 is 0 Å². The quantitative estimate of drug-likeness (QED) is 0.654. The Labute approximate surface area is 81.4 Å². The summed E-state index contributed by atoms with van der Waals surface area (Å²) in [5, 5.41) is 4.72. The second-order valence-corrected chi connectivity index (χ2v) is 3.34. The third-order valence-corrected chi connectivity index (χ3v) is 2.57. The largest absolute Gasteiger partial charge is 0.215 e. The van der Waals surface area contributed by atoms with Crippen molar-refractivity contribution < 1.29 is 0 Å². The predicted molar refractivity (Wildman–Crippen MR) is 52.1 cm³/mol. The van der Waals surface area contributed by atoms with Gasteiger partial charge in [0.1, 0.15) is 11.5 Å². The van der Waals surface area contributed by atoms with Gasteiger partial charge in [0.15, 0.2) is 5.65 Å². The Morgan fingerprint density at radius 3 is 3.00 bits per heavy atom. The lowest BCUT2D eigenvalue weighted by Gasteiger charge is -2.06. The van der Waals surface area contributed by atoms with Gasteiger partial charge in [-0.15, -0.1) is 0 Å². The van der Waals surface area contributed by atoms with Crippen molar-refractivity contribution >= 4 is 17.2 Å². The van der Waals surface area contributed by atoms with E-state index in [1.807, 2.05) is 13.0 Å². The van der Waals surface area contributed by atoms with Crippen molar-refractivity contribution in [3.05, 3.63) is 28.7 Å². The molecule has 0 aliphatic carbocycles. The molecule has 2 aromatic heterocycles. The van der Waals surface area contributed by atoms with Crippen molar-refractivity contribution in [1.29, 1.82) is 0 Å². The number of nitrogens with zero attached hydrogens (tertiary/aromatic N) is 3. The van der Waals surface area contributed by atoms with E-state index in [0.717, 1.165) is 17.6 Å². The summed E-state index contributed by atoms with van der Waals surface area (Å²) in [4.78, 5) is 4.08. The van der Waals surface area contributed by atoms with Gasteiger partial charge in [0.2, 0.25) is 0 Å². The summed E-state index contributed by atoms with van der Waals surface area (Å²) < 4.78 is 1.66. The molecule has 0 saturated carbocycles. The molecule has 68 valence electrons. The molecule has 0 aliphatic heterocycles. The van der Waals surface area contributed by atoms with E-state index in [9.17, 15) is 0 Å². The molecule has 2 rings (SSSR count). The van der Waals surface area contributed by atoms with Gasteiger partial charge >= 0.3 is 0 Å². The Hall–Kier alpha value is -1.09. The molecule has 4 heteroatoms. The van der Waals surface area contributed by atoms with Crippen LogP contribution >= 0.6 is 11.6 Å². The van der Waals surface area contributed by atoms with Crippen molar-refractivity contribution in [1.82, 2.24) is 14.6 Å². The van der Waals surface area contributed by atoms with Crippen LogP contribution in [0.2, 0.25) is 5.15 Å². The topological polar surface area (TPSA) is 30.2 Å². The molecular formula is C9H10ClN3. The number of pyridine rings is 1. The molecule has 0 radical (unpaired) electrons. The Bertz CT molecular complexity index is 447. The maximum atomic E-state index is 6.15. The highest BCUT2D eigenvalue weighted by molar-refractivity contribution is 6.30. The fourth-order valence-electron chi connectivity index (χ4n) is 1.50. The second kappa shape index (κ2) is 3.00. The number of hydrogen-bond donors (Lipinski definition) is 0. The lowest BCUT2D eigenvalue weighted by atomic mass is 10.1. The van der Waals surface area contributed by atoms with Crippen LogP contribution in [0.5, 0.6) is 0 Å². The molecule has 0 atom stereocenters. The highest BCUT2D eigenvalue weighted by atomic mass is 35.5. The van der Waals surface area contributed by atoms with Crippen LogP contribution < -0.4 is 0 Å². The van der Waals surface area contributed by atoms with E-state index >= 15 is 0 Å². The lowest BCUT2D eigenvalue weighted by Crippen LogP contribution is -1.97. The molecule has 0 aliphatic rings. The summed E-state index contributed by atoms with van der Waals surface area (Å²) in [5.74, 6) is 0. The van der Waals surface area contributed by atoms with Gasteiger partial charge in [-0.1, -0.05) is 18.5 Å². The van der Waals surface area contributed by atoms with Crippen LogP contribution in [0.1, 0.15) is 18.1 Å². The van der Waals surface area contributed by atoms with Crippen LogP contribution in [0.4, 0.5) is 0 Å². The molecule has 13 heavy (non-hydrogen) atoms. The highest BCUT2D eigenvalue weighted by Gasteiger charge is 2.08. The van der Waals surface area contributed by atoms with Gasteiger partial charge in [0, 0.05) is 0 Å². The first-order valence-corrected chi connectivity index (χ1v) is 4.59. The number of fused-ring (bicyclic) bond motifs is 1. The van der Waals surface area contributed by atoms with E-state index < -0.39 is 0 Å². The van der Waals surface area contributed by atoms with Crippen molar-refractivity contribution in [3.63, 3.8) is 0 Å². The van der Waals surface area contributed by atoms with Crippen LogP contribution in [0.3, 0.4) is 0 Å². The van der Waals surface area contributed by atoms with Gasteiger partial charge in [0.25, 0.3) is 0 Å². The zero-order chi connectivity index (χ0) is 9.42. The van der Waals surface area contributed by atoms with E-state index in [2.05, 4.69) is 17.0 Å². The molecule has 0 N–H and O–H groups in total. The molecule has 0 aromatic carbocycles. The average Bonchev–Trinajstić information content (AvgIpc) is 2.53. The van der Waals surface area contributed by atoms with Crippen molar-refractivity contribution in [2.75, 3.05) is 0 Å². The maximum absolute atomic E-state index is 6.15. The first kappa shape index (κ1) is 8.51. The minimum absolute atomic E-state index is 0.676. The van der Waals surface area contributed by atoms with Crippen LogP contribution in [-0.2, 0) is 6.42 Å². The van der Waals surface area contributed by atoms with Crippen LogP contribution in [0.25, 0.3) is 5.65 Å².